The maximum Gasteiger partial charge on any atom is 0.410 e. The molecule has 0 aliphatic carbocycles. The smallest absolute Gasteiger partial charge is 0.410 e. The number of rotatable bonds is 18. The number of benzene rings is 3. The summed E-state index contributed by atoms with van der Waals surface area (Å²) in [4.78, 5) is 92.4. The second-order valence-electron chi connectivity index (χ2n) is 15.8. The van der Waals surface area contributed by atoms with Crippen molar-refractivity contribution in [3.05, 3.63) is 106 Å². The monoisotopic (exact) mass is 840 g/mol. The van der Waals surface area contributed by atoms with E-state index in [1.165, 1.54) is 17.2 Å². The molecular weight excluding hydrogens is 788 g/mol. The first kappa shape index (κ1) is 45.5. The van der Waals surface area contributed by atoms with E-state index in [9.17, 15) is 38.7 Å². The molecule has 1 aliphatic rings. The molecule has 0 radical (unpaired) electrons. The highest BCUT2D eigenvalue weighted by molar-refractivity contribution is 6.08. The summed E-state index contributed by atoms with van der Waals surface area (Å²) >= 11 is 0. The molecule has 0 spiro atoms. The van der Waals surface area contributed by atoms with E-state index in [4.69, 9.17) is 10.5 Å². The average Bonchev–Trinajstić information content (AvgIpc) is 3.24. The molecule has 61 heavy (non-hydrogen) atoms. The number of pyridine rings is 1. The van der Waals surface area contributed by atoms with Gasteiger partial charge in [0.2, 0.25) is 11.3 Å². The molecule has 0 unspecified atom stereocenters. The first-order chi connectivity index (χ1) is 29.0. The third-order valence-corrected chi connectivity index (χ3v) is 11.3. The number of carboxylic acid groups (broad SMARTS) is 1. The number of amides is 4. The number of halogens is 1. The number of hydrogen-bond donors (Lipinski definition) is 4. The number of nitrogens with one attached hydrogen (secondary N) is 2. The number of carboxylic acids is 1. The van der Waals surface area contributed by atoms with E-state index in [1.54, 1.807) is 54.5 Å². The summed E-state index contributed by atoms with van der Waals surface area (Å²) in [6.45, 7) is 8.45. The second kappa shape index (κ2) is 20.1. The van der Waals surface area contributed by atoms with Gasteiger partial charge in [-0.25, -0.2) is 18.8 Å². The van der Waals surface area contributed by atoms with Gasteiger partial charge in [-0.15, -0.1) is 0 Å². The molecule has 2 atom stereocenters. The number of anilines is 2. The number of carbonyl (C=O) groups is 6. The lowest BCUT2D eigenvalue weighted by Gasteiger charge is -2.35. The van der Waals surface area contributed by atoms with Crippen LogP contribution < -0.4 is 26.7 Å². The van der Waals surface area contributed by atoms with Crippen molar-refractivity contribution in [1.82, 2.24) is 14.8 Å². The van der Waals surface area contributed by atoms with Crippen LogP contribution in [0.2, 0.25) is 0 Å². The van der Waals surface area contributed by atoms with E-state index in [2.05, 4.69) is 10.6 Å². The minimum atomic E-state index is -1.39. The molecule has 0 saturated carbocycles. The van der Waals surface area contributed by atoms with E-state index >= 15 is 4.39 Å². The van der Waals surface area contributed by atoms with Crippen molar-refractivity contribution in [3.8, 4) is 0 Å². The Morgan fingerprint density at radius 3 is 2.21 bits per heavy atom. The van der Waals surface area contributed by atoms with E-state index in [1.807, 2.05) is 37.3 Å². The van der Waals surface area contributed by atoms with Crippen LogP contribution >= 0.6 is 0 Å². The molecule has 4 aromatic rings. The first-order valence-corrected chi connectivity index (χ1v) is 20.3. The summed E-state index contributed by atoms with van der Waals surface area (Å²) in [5, 5.41) is 14.7. The Morgan fingerprint density at radius 1 is 0.934 bits per heavy atom. The van der Waals surface area contributed by atoms with Gasteiger partial charge < -0.3 is 40.6 Å². The van der Waals surface area contributed by atoms with Crippen molar-refractivity contribution in [2.75, 3.05) is 42.9 Å². The van der Waals surface area contributed by atoms with Crippen LogP contribution in [0.15, 0.2) is 77.7 Å². The van der Waals surface area contributed by atoms with Crippen molar-refractivity contribution in [3.63, 3.8) is 0 Å². The third kappa shape index (κ3) is 11.4. The minimum Gasteiger partial charge on any atom is -0.477 e. The second-order valence-corrected chi connectivity index (χ2v) is 15.8. The van der Waals surface area contributed by atoms with Crippen LogP contribution in [0.3, 0.4) is 0 Å². The molecule has 15 nitrogen and oxygen atoms in total. The van der Waals surface area contributed by atoms with Gasteiger partial charge >= 0.3 is 18.1 Å². The number of ketones is 2. The fourth-order valence-corrected chi connectivity index (χ4v) is 7.30. The van der Waals surface area contributed by atoms with Crippen molar-refractivity contribution < 1.29 is 43.0 Å². The number of hydrogen-bond acceptors (Lipinski definition) is 9. The van der Waals surface area contributed by atoms with Crippen LogP contribution in [0.1, 0.15) is 80.8 Å². The first-order valence-electron chi connectivity index (χ1n) is 20.3. The number of aromatic carboxylic acids is 1. The number of ether oxygens (including phenoxy) is 1. The van der Waals surface area contributed by atoms with Gasteiger partial charge in [-0.05, 0) is 74.9 Å². The van der Waals surface area contributed by atoms with Crippen LogP contribution in [-0.4, -0.2) is 82.9 Å². The zero-order valence-corrected chi connectivity index (χ0v) is 34.9. The molecule has 5 N–H and O–H groups in total. The quantitative estimate of drug-likeness (QED) is 0.0671. The fraction of sp³-hybridized carbons (Fsp3) is 0.400. The van der Waals surface area contributed by atoms with Crippen LogP contribution in [0.25, 0.3) is 10.9 Å². The van der Waals surface area contributed by atoms with Gasteiger partial charge in [-0.2, -0.15) is 0 Å². The van der Waals surface area contributed by atoms with Crippen molar-refractivity contribution in [2.24, 2.45) is 17.1 Å². The number of carbonyl (C=O) groups excluding carboxylic acids is 5. The van der Waals surface area contributed by atoms with E-state index in [0.717, 1.165) is 11.6 Å². The third-order valence-electron chi connectivity index (χ3n) is 11.3. The molecule has 16 heteroatoms. The lowest BCUT2D eigenvalue weighted by Crippen LogP contribution is -2.49. The number of aryl methyl sites for hydroxylation is 1. The van der Waals surface area contributed by atoms with Gasteiger partial charge in [0, 0.05) is 75.3 Å². The van der Waals surface area contributed by atoms with Crippen LogP contribution in [-0.2, 0) is 32.3 Å². The van der Waals surface area contributed by atoms with Gasteiger partial charge in [0.05, 0.1) is 16.6 Å². The Kier molecular flexibility index (Phi) is 15.0. The number of urea groups is 1. The molecule has 1 aromatic heterocycles. The Labute approximate surface area is 353 Å². The molecule has 3 aromatic carbocycles. The summed E-state index contributed by atoms with van der Waals surface area (Å²) < 4.78 is 22.5. The van der Waals surface area contributed by atoms with Crippen molar-refractivity contribution >= 4 is 57.8 Å². The lowest BCUT2D eigenvalue weighted by molar-refractivity contribution is -0.140. The zero-order valence-electron chi connectivity index (χ0n) is 34.9. The zero-order chi connectivity index (χ0) is 44.4. The van der Waals surface area contributed by atoms with E-state index in [-0.39, 0.29) is 87.2 Å². The van der Waals surface area contributed by atoms with Crippen LogP contribution in [0, 0.1) is 17.2 Å². The molecule has 4 amide bonds. The van der Waals surface area contributed by atoms with Crippen molar-refractivity contribution in [2.45, 2.75) is 72.4 Å². The van der Waals surface area contributed by atoms with Gasteiger partial charge in [0.1, 0.15) is 29.6 Å². The highest BCUT2D eigenvalue weighted by Gasteiger charge is 2.38. The molecule has 324 valence electrons. The van der Waals surface area contributed by atoms with E-state index < -0.39 is 52.1 Å². The number of piperazine rings is 1. The van der Waals surface area contributed by atoms with Crippen LogP contribution in [0.4, 0.5) is 25.4 Å². The number of fused-ring (bicyclic) bond motifs is 1. The SMILES string of the molecule is CCn1cc(C(=O)O)c(=O)c2cc(F)c(N3CCN(C(=O)OCc4ccc(NC(=O)[C@H](CCCNC(N)=O)CC(=O)C(C)(C)C(=O)C[C@H](C)c5ccccc5)cc4)CC3)cc21. The maximum absolute atomic E-state index is 15.3. The maximum atomic E-state index is 15.3. The van der Waals surface area contributed by atoms with Gasteiger partial charge in [-0.3, -0.25) is 19.2 Å². The molecular formula is C45H53FN6O9. The van der Waals surface area contributed by atoms with Gasteiger partial charge in [0.25, 0.3) is 0 Å². The van der Waals surface area contributed by atoms with Gasteiger partial charge in [0.15, 0.2) is 0 Å². The van der Waals surface area contributed by atoms with E-state index in [0.29, 0.717) is 29.7 Å². The number of aromatic nitrogens is 1. The average molecular weight is 841 g/mol. The summed E-state index contributed by atoms with van der Waals surface area (Å²) in [5.74, 6) is -3.96. The summed E-state index contributed by atoms with van der Waals surface area (Å²) in [5.41, 5.74) is 5.38. The molecule has 1 aliphatic heterocycles. The molecule has 2 heterocycles. The summed E-state index contributed by atoms with van der Waals surface area (Å²) in [6, 6.07) is 18.1. The number of Topliss-reactive ketones (excluding diaryl/α,β-unsaturated/α-hetero) is 2. The molecule has 0 bridgehead atoms. The van der Waals surface area contributed by atoms with Crippen molar-refractivity contribution in [1.29, 1.82) is 0 Å². The molecule has 1 fully saturated rings. The number of nitrogens with two attached hydrogens (primary N) is 1. The predicted molar refractivity (Wildman–Crippen MR) is 228 cm³/mol. The highest BCUT2D eigenvalue weighted by atomic mass is 19.1. The Balaban J connectivity index is 1.15. The fourth-order valence-electron chi connectivity index (χ4n) is 7.30. The Hall–Kier alpha value is -6.58. The Morgan fingerprint density at radius 2 is 1.59 bits per heavy atom. The van der Waals surface area contributed by atoms with Gasteiger partial charge in [-0.1, -0.05) is 49.4 Å². The minimum absolute atomic E-state index is 0.0263. The largest absolute Gasteiger partial charge is 0.477 e. The highest BCUT2D eigenvalue weighted by Crippen LogP contribution is 2.31. The topological polar surface area (TPSA) is 210 Å². The standard InChI is InChI=1S/C45H53FN6O9/c1-5-50-26-34(42(57)58)40(55)33-24-35(46)37(25-36(33)50)51-18-20-52(21-19-51)44(60)61-27-29-13-15-32(16-14-29)49-41(56)31(12-9-17-48-43(47)59)23-39(54)45(3,4)38(53)22-28(2)30-10-7-6-8-11-30/h6-8,10-11,13-16,24-26,28,31H,5,9,12,17-23,27H2,1-4H3,(H,49,56)(H,57,58)(H3,47,48,59)/t28-,31+/m0/s1. The molecule has 1 saturated heterocycles. The Bertz CT molecular complexity index is 2320. The summed E-state index contributed by atoms with van der Waals surface area (Å²) in [7, 11) is 0. The normalized spacial score (nSPS) is 13.9. The predicted octanol–water partition coefficient (Wildman–Crippen LogP) is 6.07. The lowest BCUT2D eigenvalue weighted by atomic mass is 9.75. The number of primary amides is 1. The summed E-state index contributed by atoms with van der Waals surface area (Å²) in [6.07, 6.45) is 1.29. The molecule has 5 rings (SSSR count). The van der Waals surface area contributed by atoms with Crippen LogP contribution in [0.5, 0.6) is 0 Å². The number of nitrogens with zero attached hydrogens (tertiary/aromatic N) is 3.